The van der Waals surface area contributed by atoms with Gasteiger partial charge in [0, 0.05) is 37.2 Å². The Hall–Kier alpha value is -3.04. The molecule has 0 aliphatic rings. The van der Waals surface area contributed by atoms with Crippen LogP contribution in [-0.4, -0.2) is 52.9 Å². The van der Waals surface area contributed by atoms with Gasteiger partial charge < -0.3 is 10.8 Å². The highest BCUT2D eigenvalue weighted by atomic mass is 16.2. The van der Waals surface area contributed by atoms with Crippen LogP contribution in [0.5, 0.6) is 0 Å². The van der Waals surface area contributed by atoms with Gasteiger partial charge >= 0.3 is 0 Å². The molecule has 0 amide bonds. The molecule has 0 aliphatic heterocycles. The standard InChI is InChI=1S/C20H26N8.CH4O/c1-3-17(4-2)27-13-16(11-24-27)20-19-6-8-22-28(19)14-18(25-20)15-10-23-26(12-15)9-5-7-21;1-2/h6,8,10-14,17H,3-5,7,9,21H2,1-2H3;2H,1H3. The zero-order valence-electron chi connectivity index (χ0n) is 17.8. The number of aryl methyl sites for hydroxylation is 1. The van der Waals surface area contributed by atoms with Crippen LogP contribution in [0.1, 0.15) is 39.2 Å². The van der Waals surface area contributed by atoms with Crippen LogP contribution in [0.25, 0.3) is 28.0 Å². The number of fused-ring (bicyclic) bond motifs is 1. The maximum Gasteiger partial charge on any atom is 0.0999 e. The third kappa shape index (κ3) is 4.42. The van der Waals surface area contributed by atoms with Crippen LogP contribution >= 0.6 is 0 Å². The normalized spacial score (nSPS) is 11.1. The van der Waals surface area contributed by atoms with Crippen molar-refractivity contribution < 1.29 is 5.11 Å². The first-order chi connectivity index (χ1) is 14.7. The minimum Gasteiger partial charge on any atom is -0.400 e. The van der Waals surface area contributed by atoms with Crippen molar-refractivity contribution in [2.45, 2.75) is 45.7 Å². The van der Waals surface area contributed by atoms with Crippen molar-refractivity contribution in [1.82, 2.24) is 34.2 Å². The van der Waals surface area contributed by atoms with E-state index in [1.807, 2.05) is 44.7 Å². The Balaban J connectivity index is 0.00000124. The molecule has 0 aliphatic carbocycles. The lowest BCUT2D eigenvalue weighted by Gasteiger charge is -2.12. The Morgan fingerprint density at radius 2 is 1.77 bits per heavy atom. The first kappa shape index (κ1) is 21.7. The molecule has 0 saturated carbocycles. The molecule has 0 atom stereocenters. The van der Waals surface area contributed by atoms with E-state index in [2.05, 4.69) is 35.3 Å². The number of aromatic nitrogens is 7. The fourth-order valence-electron chi connectivity index (χ4n) is 3.47. The smallest absolute Gasteiger partial charge is 0.0999 e. The topological polar surface area (TPSA) is 112 Å². The van der Waals surface area contributed by atoms with E-state index < -0.39 is 0 Å². The van der Waals surface area contributed by atoms with E-state index in [1.165, 1.54) is 0 Å². The Morgan fingerprint density at radius 1 is 1.00 bits per heavy atom. The van der Waals surface area contributed by atoms with E-state index in [-0.39, 0.29) is 0 Å². The van der Waals surface area contributed by atoms with Crippen molar-refractivity contribution in [2.75, 3.05) is 13.7 Å². The molecule has 4 rings (SSSR count). The Morgan fingerprint density at radius 3 is 2.50 bits per heavy atom. The monoisotopic (exact) mass is 410 g/mol. The maximum absolute atomic E-state index is 7.00. The predicted molar refractivity (Wildman–Crippen MR) is 117 cm³/mol. The number of aliphatic hydroxyl groups excluding tert-OH is 1. The quantitative estimate of drug-likeness (QED) is 0.462. The van der Waals surface area contributed by atoms with Gasteiger partial charge in [0.15, 0.2) is 0 Å². The fourth-order valence-corrected chi connectivity index (χ4v) is 3.47. The molecule has 4 aromatic rings. The Bertz CT molecular complexity index is 1060. The lowest BCUT2D eigenvalue weighted by molar-refractivity contribution is 0.399. The summed E-state index contributed by atoms with van der Waals surface area (Å²) in [6, 6.07) is 2.38. The third-order valence-corrected chi connectivity index (χ3v) is 5.10. The first-order valence-electron chi connectivity index (χ1n) is 10.3. The van der Waals surface area contributed by atoms with Gasteiger partial charge in [0.2, 0.25) is 0 Å². The summed E-state index contributed by atoms with van der Waals surface area (Å²) < 4.78 is 5.81. The summed E-state index contributed by atoms with van der Waals surface area (Å²) in [7, 11) is 1.00. The fraction of sp³-hybridized carbons (Fsp3) is 0.429. The van der Waals surface area contributed by atoms with E-state index in [0.29, 0.717) is 12.6 Å². The van der Waals surface area contributed by atoms with Crippen molar-refractivity contribution in [3.05, 3.63) is 43.2 Å². The van der Waals surface area contributed by atoms with Gasteiger partial charge in [-0.25, -0.2) is 9.50 Å². The number of rotatable bonds is 8. The molecule has 160 valence electrons. The van der Waals surface area contributed by atoms with Crippen molar-refractivity contribution in [3.8, 4) is 22.5 Å². The number of hydrogen-bond acceptors (Lipinski definition) is 6. The van der Waals surface area contributed by atoms with Gasteiger partial charge in [0.25, 0.3) is 0 Å². The second-order valence-corrected chi connectivity index (χ2v) is 6.95. The summed E-state index contributed by atoms with van der Waals surface area (Å²) in [4.78, 5) is 4.94. The Labute approximate surface area is 176 Å². The van der Waals surface area contributed by atoms with E-state index >= 15 is 0 Å². The number of nitrogens with zero attached hydrogens (tertiary/aromatic N) is 7. The van der Waals surface area contributed by atoms with Gasteiger partial charge in [-0.2, -0.15) is 15.3 Å². The van der Waals surface area contributed by atoms with Crippen LogP contribution in [0.2, 0.25) is 0 Å². The van der Waals surface area contributed by atoms with Gasteiger partial charge in [0.05, 0.1) is 47.7 Å². The molecular weight excluding hydrogens is 380 g/mol. The average Bonchev–Trinajstić information content (AvgIpc) is 3.54. The van der Waals surface area contributed by atoms with Crippen molar-refractivity contribution in [2.24, 2.45) is 5.73 Å². The molecule has 0 spiro atoms. The third-order valence-electron chi connectivity index (χ3n) is 5.10. The molecule has 0 unspecified atom stereocenters. The SMILES string of the molecule is CCC(CC)n1cc(-c2nc(-c3cnn(CCCN)c3)cn3nccc23)cn1.CO. The number of hydrogen-bond donors (Lipinski definition) is 2. The highest BCUT2D eigenvalue weighted by molar-refractivity contribution is 5.78. The van der Waals surface area contributed by atoms with Crippen molar-refractivity contribution >= 4 is 5.52 Å². The molecule has 30 heavy (non-hydrogen) atoms. The molecule has 0 fully saturated rings. The van der Waals surface area contributed by atoms with Gasteiger partial charge in [-0.15, -0.1) is 0 Å². The van der Waals surface area contributed by atoms with Crippen LogP contribution < -0.4 is 5.73 Å². The van der Waals surface area contributed by atoms with Crippen LogP contribution in [0, 0.1) is 0 Å². The second-order valence-electron chi connectivity index (χ2n) is 6.95. The lowest BCUT2D eigenvalue weighted by Crippen LogP contribution is -2.06. The summed E-state index contributed by atoms with van der Waals surface area (Å²) in [5, 5.41) is 20.4. The van der Waals surface area contributed by atoms with E-state index in [4.69, 9.17) is 15.8 Å². The summed E-state index contributed by atoms with van der Waals surface area (Å²) in [5.41, 5.74) is 10.2. The molecule has 0 bridgehead atoms. The number of aliphatic hydroxyl groups is 1. The van der Waals surface area contributed by atoms with Crippen LogP contribution in [-0.2, 0) is 6.54 Å². The van der Waals surface area contributed by atoms with Gasteiger partial charge in [-0.1, -0.05) is 13.8 Å². The van der Waals surface area contributed by atoms with Crippen LogP contribution in [0.3, 0.4) is 0 Å². The zero-order chi connectivity index (χ0) is 21.5. The second kappa shape index (κ2) is 10.1. The minimum atomic E-state index is 0.402. The molecule has 4 heterocycles. The van der Waals surface area contributed by atoms with E-state index in [9.17, 15) is 0 Å². The van der Waals surface area contributed by atoms with Gasteiger partial charge in [-0.05, 0) is 31.9 Å². The highest BCUT2D eigenvalue weighted by Gasteiger charge is 2.15. The van der Waals surface area contributed by atoms with Crippen LogP contribution in [0.15, 0.2) is 43.2 Å². The summed E-state index contributed by atoms with van der Waals surface area (Å²) in [6.07, 6.45) is 14.5. The molecule has 3 N–H and O–H groups in total. The molecular formula is C21H30N8O. The minimum absolute atomic E-state index is 0.402. The lowest BCUT2D eigenvalue weighted by atomic mass is 10.1. The largest absolute Gasteiger partial charge is 0.400 e. The summed E-state index contributed by atoms with van der Waals surface area (Å²) >= 11 is 0. The zero-order valence-corrected chi connectivity index (χ0v) is 17.8. The highest BCUT2D eigenvalue weighted by Crippen LogP contribution is 2.27. The van der Waals surface area contributed by atoms with Crippen molar-refractivity contribution in [3.63, 3.8) is 0 Å². The molecule has 0 radical (unpaired) electrons. The molecule has 0 saturated heterocycles. The van der Waals surface area contributed by atoms with Crippen LogP contribution in [0.4, 0.5) is 0 Å². The molecule has 4 aromatic heterocycles. The van der Waals surface area contributed by atoms with E-state index in [0.717, 1.165) is 60.9 Å². The first-order valence-corrected chi connectivity index (χ1v) is 10.3. The number of nitrogens with two attached hydrogens (primary N) is 1. The molecule has 9 nitrogen and oxygen atoms in total. The maximum atomic E-state index is 7.00. The van der Waals surface area contributed by atoms with Crippen molar-refractivity contribution in [1.29, 1.82) is 0 Å². The predicted octanol–water partition coefficient (Wildman–Crippen LogP) is 2.77. The summed E-state index contributed by atoms with van der Waals surface area (Å²) in [6.45, 7) is 5.82. The van der Waals surface area contributed by atoms with Gasteiger partial charge in [-0.3, -0.25) is 9.36 Å². The van der Waals surface area contributed by atoms with Gasteiger partial charge in [0.1, 0.15) is 0 Å². The summed E-state index contributed by atoms with van der Waals surface area (Å²) in [5.74, 6) is 0. The molecule has 0 aromatic carbocycles. The van der Waals surface area contributed by atoms with E-state index in [1.54, 1.807) is 6.20 Å². The molecule has 9 heteroatoms. The Kier molecular flexibility index (Phi) is 7.31. The average molecular weight is 411 g/mol.